The Balaban J connectivity index is 2.04. The van der Waals surface area contributed by atoms with Crippen molar-refractivity contribution in [3.63, 3.8) is 0 Å². The lowest BCUT2D eigenvalue weighted by molar-refractivity contribution is -0.132. The maximum atomic E-state index is 12.6. The summed E-state index contributed by atoms with van der Waals surface area (Å²) in [5.74, 6) is -0.816. The Morgan fingerprint density at radius 2 is 2.12 bits per heavy atom. The van der Waals surface area contributed by atoms with Crippen LogP contribution in [-0.4, -0.2) is 29.7 Å². The van der Waals surface area contributed by atoms with Gasteiger partial charge in [-0.2, -0.15) is 0 Å². The molecule has 1 unspecified atom stereocenters. The zero-order valence-corrected chi connectivity index (χ0v) is 8.66. The fourth-order valence-electron chi connectivity index (χ4n) is 1.65. The van der Waals surface area contributed by atoms with E-state index in [4.69, 9.17) is 0 Å². The number of anilines is 1. The van der Waals surface area contributed by atoms with Crippen LogP contribution >= 0.6 is 0 Å². The molecule has 1 aliphatic heterocycles. The summed E-state index contributed by atoms with van der Waals surface area (Å²) in [6.07, 6.45) is 0.389. The first kappa shape index (κ1) is 11.0. The second kappa shape index (κ2) is 4.19. The predicted molar refractivity (Wildman–Crippen MR) is 57.5 cm³/mol. The van der Waals surface area contributed by atoms with Crippen molar-refractivity contribution in [2.75, 3.05) is 18.4 Å². The number of aliphatic hydroxyl groups is 1. The van der Waals surface area contributed by atoms with Gasteiger partial charge in [0.2, 0.25) is 0 Å². The number of hydrogen-bond donors (Lipinski definition) is 3. The van der Waals surface area contributed by atoms with Gasteiger partial charge in [-0.25, -0.2) is 4.39 Å². The van der Waals surface area contributed by atoms with Crippen molar-refractivity contribution in [1.29, 1.82) is 0 Å². The Bertz CT molecular complexity index is 385. The summed E-state index contributed by atoms with van der Waals surface area (Å²) in [5.41, 5.74) is -0.874. The van der Waals surface area contributed by atoms with Crippen LogP contribution in [-0.2, 0) is 4.79 Å². The minimum atomic E-state index is -1.35. The van der Waals surface area contributed by atoms with E-state index in [1.165, 1.54) is 24.3 Å². The Kier molecular flexibility index (Phi) is 2.89. The Labute approximate surface area is 92.5 Å². The number of benzene rings is 1. The average molecular weight is 224 g/mol. The Hall–Kier alpha value is -1.46. The highest BCUT2D eigenvalue weighted by Crippen LogP contribution is 2.17. The van der Waals surface area contributed by atoms with Crippen LogP contribution < -0.4 is 10.6 Å². The largest absolute Gasteiger partial charge is 0.379 e. The lowest BCUT2D eigenvalue weighted by atomic mass is 10.0. The van der Waals surface area contributed by atoms with E-state index in [1.54, 1.807) is 0 Å². The Morgan fingerprint density at radius 1 is 1.44 bits per heavy atom. The van der Waals surface area contributed by atoms with Gasteiger partial charge in [0, 0.05) is 12.2 Å². The summed E-state index contributed by atoms with van der Waals surface area (Å²) in [5, 5.41) is 15.4. The SMILES string of the molecule is O=C(Nc1ccc(F)cc1)C1(O)CCNC1. The molecule has 1 atom stereocenters. The van der Waals surface area contributed by atoms with Crippen LogP contribution in [0.15, 0.2) is 24.3 Å². The van der Waals surface area contributed by atoms with Crippen LogP contribution in [0.3, 0.4) is 0 Å². The first-order valence-electron chi connectivity index (χ1n) is 5.10. The van der Waals surface area contributed by atoms with Crippen LogP contribution in [0, 0.1) is 5.82 Å². The zero-order valence-electron chi connectivity index (χ0n) is 8.66. The van der Waals surface area contributed by atoms with Gasteiger partial charge in [0.25, 0.3) is 5.91 Å². The molecule has 3 N–H and O–H groups in total. The number of carbonyl (C=O) groups excluding carboxylic acids is 1. The van der Waals surface area contributed by atoms with Gasteiger partial charge < -0.3 is 15.7 Å². The maximum absolute atomic E-state index is 12.6. The number of nitrogens with one attached hydrogen (secondary N) is 2. The van der Waals surface area contributed by atoms with E-state index in [2.05, 4.69) is 10.6 Å². The van der Waals surface area contributed by atoms with Gasteiger partial charge in [-0.15, -0.1) is 0 Å². The van der Waals surface area contributed by atoms with E-state index >= 15 is 0 Å². The summed E-state index contributed by atoms with van der Waals surface area (Å²) < 4.78 is 12.6. The first-order valence-corrected chi connectivity index (χ1v) is 5.10. The number of rotatable bonds is 2. The van der Waals surface area contributed by atoms with E-state index in [0.717, 1.165) is 0 Å². The molecule has 1 heterocycles. The molecular formula is C11H13FN2O2. The van der Waals surface area contributed by atoms with Crippen molar-refractivity contribution in [3.8, 4) is 0 Å². The second-order valence-corrected chi connectivity index (χ2v) is 3.92. The quantitative estimate of drug-likeness (QED) is 0.685. The highest BCUT2D eigenvalue weighted by Gasteiger charge is 2.38. The number of carbonyl (C=O) groups is 1. The Morgan fingerprint density at radius 3 is 2.69 bits per heavy atom. The van der Waals surface area contributed by atoms with Gasteiger partial charge in [-0.3, -0.25) is 4.79 Å². The number of amides is 1. The molecule has 86 valence electrons. The molecule has 4 nitrogen and oxygen atoms in total. The van der Waals surface area contributed by atoms with Gasteiger partial charge >= 0.3 is 0 Å². The molecule has 0 spiro atoms. The van der Waals surface area contributed by atoms with Crippen LogP contribution in [0.1, 0.15) is 6.42 Å². The van der Waals surface area contributed by atoms with Crippen molar-refractivity contribution in [2.45, 2.75) is 12.0 Å². The van der Waals surface area contributed by atoms with E-state index in [9.17, 15) is 14.3 Å². The summed E-state index contributed by atoms with van der Waals surface area (Å²) in [4.78, 5) is 11.7. The summed E-state index contributed by atoms with van der Waals surface area (Å²) in [6.45, 7) is 0.868. The zero-order chi connectivity index (χ0) is 11.6. The second-order valence-electron chi connectivity index (χ2n) is 3.92. The third-order valence-corrected chi connectivity index (χ3v) is 2.66. The topological polar surface area (TPSA) is 61.4 Å². The van der Waals surface area contributed by atoms with Crippen molar-refractivity contribution in [2.24, 2.45) is 0 Å². The minimum Gasteiger partial charge on any atom is -0.379 e. The highest BCUT2D eigenvalue weighted by atomic mass is 19.1. The van der Waals surface area contributed by atoms with Crippen LogP contribution in [0.2, 0.25) is 0 Å². The lowest BCUT2D eigenvalue weighted by Crippen LogP contribution is -2.44. The average Bonchev–Trinajstić information content (AvgIpc) is 2.70. The molecule has 1 fully saturated rings. The summed E-state index contributed by atoms with van der Waals surface area (Å²) in [6, 6.07) is 5.43. The van der Waals surface area contributed by atoms with Crippen molar-refractivity contribution < 1.29 is 14.3 Å². The van der Waals surface area contributed by atoms with E-state index in [-0.39, 0.29) is 12.4 Å². The number of β-amino-alcohol motifs (C(OH)–C–C–N with tert-alkyl or cyclic N) is 1. The number of halogens is 1. The molecule has 1 saturated heterocycles. The fraction of sp³-hybridized carbons (Fsp3) is 0.364. The standard InChI is InChI=1S/C11H13FN2O2/c12-8-1-3-9(4-2-8)14-10(15)11(16)5-6-13-7-11/h1-4,13,16H,5-7H2,(H,14,15). The van der Waals surface area contributed by atoms with Crippen LogP contribution in [0.5, 0.6) is 0 Å². The first-order chi connectivity index (χ1) is 7.60. The van der Waals surface area contributed by atoms with Crippen molar-refractivity contribution >= 4 is 11.6 Å². The van der Waals surface area contributed by atoms with E-state index < -0.39 is 11.5 Å². The molecule has 0 radical (unpaired) electrons. The third kappa shape index (κ3) is 2.20. The molecule has 1 aliphatic rings. The van der Waals surface area contributed by atoms with E-state index in [1.807, 2.05) is 0 Å². The molecule has 16 heavy (non-hydrogen) atoms. The van der Waals surface area contributed by atoms with Gasteiger partial charge in [-0.1, -0.05) is 0 Å². The van der Waals surface area contributed by atoms with Crippen molar-refractivity contribution in [1.82, 2.24) is 5.32 Å². The molecule has 0 aliphatic carbocycles. The summed E-state index contributed by atoms with van der Waals surface area (Å²) >= 11 is 0. The summed E-state index contributed by atoms with van der Waals surface area (Å²) in [7, 11) is 0. The molecule has 0 aromatic heterocycles. The van der Waals surface area contributed by atoms with Crippen molar-refractivity contribution in [3.05, 3.63) is 30.1 Å². The van der Waals surface area contributed by atoms with Gasteiger partial charge in [-0.05, 0) is 37.2 Å². The normalized spacial score (nSPS) is 24.4. The number of hydrogen-bond acceptors (Lipinski definition) is 3. The van der Waals surface area contributed by atoms with Gasteiger partial charge in [0.15, 0.2) is 5.60 Å². The molecule has 0 saturated carbocycles. The third-order valence-electron chi connectivity index (χ3n) is 2.66. The smallest absolute Gasteiger partial charge is 0.257 e. The predicted octanol–water partition coefficient (Wildman–Crippen LogP) is 0.489. The fourth-order valence-corrected chi connectivity index (χ4v) is 1.65. The maximum Gasteiger partial charge on any atom is 0.257 e. The van der Waals surface area contributed by atoms with Crippen LogP contribution in [0.4, 0.5) is 10.1 Å². The van der Waals surface area contributed by atoms with Crippen LogP contribution in [0.25, 0.3) is 0 Å². The van der Waals surface area contributed by atoms with E-state index in [0.29, 0.717) is 18.7 Å². The van der Waals surface area contributed by atoms with Gasteiger partial charge in [0.1, 0.15) is 5.82 Å². The molecule has 1 amide bonds. The molecule has 2 rings (SSSR count). The molecular weight excluding hydrogens is 211 g/mol. The lowest BCUT2D eigenvalue weighted by Gasteiger charge is -2.20. The highest BCUT2D eigenvalue weighted by molar-refractivity contribution is 5.97. The van der Waals surface area contributed by atoms with Gasteiger partial charge in [0.05, 0.1) is 0 Å². The minimum absolute atomic E-state index is 0.250. The molecule has 0 bridgehead atoms. The molecule has 1 aromatic carbocycles. The monoisotopic (exact) mass is 224 g/mol. The molecule has 1 aromatic rings. The molecule has 5 heteroatoms.